The summed E-state index contributed by atoms with van der Waals surface area (Å²) in [5.41, 5.74) is 12.4. The van der Waals surface area contributed by atoms with E-state index in [1.165, 1.54) is 33.5 Å². The van der Waals surface area contributed by atoms with Gasteiger partial charge in [0.05, 0.1) is 16.9 Å². The van der Waals surface area contributed by atoms with Crippen LogP contribution in [0.3, 0.4) is 0 Å². The van der Waals surface area contributed by atoms with Gasteiger partial charge in [-0.05, 0) is 97.7 Å². The smallest absolute Gasteiger partial charge is 0.503 e. The van der Waals surface area contributed by atoms with Gasteiger partial charge in [-0.3, -0.25) is 0 Å². The van der Waals surface area contributed by atoms with Crippen molar-refractivity contribution in [3.8, 4) is 22.6 Å². The van der Waals surface area contributed by atoms with E-state index in [4.69, 9.17) is 14.7 Å². The summed E-state index contributed by atoms with van der Waals surface area (Å²) in [6.45, 7) is 34.6. The van der Waals surface area contributed by atoms with E-state index in [-0.39, 0.29) is 37.4 Å². The second-order valence-corrected chi connectivity index (χ2v) is 21.1. The molecule has 0 unspecified atom stereocenters. The minimum atomic E-state index is -0.423. The fraction of sp³-hybridized carbons (Fsp3) is 0.379. The molecule has 1 atom stereocenters. The number of rotatable bonds is 9. The van der Waals surface area contributed by atoms with Crippen molar-refractivity contribution in [3.05, 3.63) is 160 Å². The average molecular weight is 1030 g/mol. The van der Waals surface area contributed by atoms with Crippen LogP contribution in [0.15, 0.2) is 114 Å². The number of nitrogens with zero attached hydrogens (tertiary/aromatic N) is 4. The zero-order valence-corrected chi connectivity index (χ0v) is 42.9. The Morgan fingerprint density at radius 3 is 1.97 bits per heavy atom. The molecule has 2 aliphatic rings. The molecule has 0 amide bonds. The first-order valence-corrected chi connectivity index (χ1v) is 22.9. The van der Waals surface area contributed by atoms with Crippen molar-refractivity contribution in [1.82, 2.24) is 4.98 Å². The van der Waals surface area contributed by atoms with Gasteiger partial charge < -0.3 is 19.5 Å². The van der Waals surface area contributed by atoms with E-state index in [2.05, 4.69) is 223 Å². The Kier molecular flexibility index (Phi) is 12.6. The molecule has 0 saturated carbocycles. The predicted octanol–water partition coefficient (Wildman–Crippen LogP) is 15.2. The average Bonchev–Trinajstić information content (AvgIpc) is 3.41. The SMILES string of the molecule is Cc1cc(Oc2[c-]c(C3=N[C@](C)(C(C(C)C)C(C)C)C(C)(C)N3c3c(C)cccc3C)cc(-c3ccccc3)c2)[c-]c(N2c3ccc(C(C)(C)C)cc3C(C)(C)c3cccnc32)c1.[Pt+2]. The van der Waals surface area contributed by atoms with Crippen LogP contribution in [0.4, 0.5) is 22.9 Å². The van der Waals surface area contributed by atoms with Crippen LogP contribution in [-0.2, 0) is 31.9 Å². The Balaban J connectivity index is 0.00000612. The summed E-state index contributed by atoms with van der Waals surface area (Å²) in [6, 6.07) is 44.4. The Morgan fingerprint density at radius 2 is 1.33 bits per heavy atom. The molecule has 0 spiro atoms. The van der Waals surface area contributed by atoms with Crippen molar-refractivity contribution < 1.29 is 25.8 Å². The van der Waals surface area contributed by atoms with Gasteiger partial charge in [0.1, 0.15) is 5.82 Å². The summed E-state index contributed by atoms with van der Waals surface area (Å²) in [6.07, 6.45) is 1.89. The number of hydrogen-bond acceptors (Lipinski definition) is 5. The number of anilines is 4. The number of aryl methyl sites for hydroxylation is 3. The first kappa shape index (κ1) is 47.0. The van der Waals surface area contributed by atoms with Crippen LogP contribution in [0.25, 0.3) is 11.1 Å². The van der Waals surface area contributed by atoms with Crippen molar-refractivity contribution in [2.45, 2.75) is 126 Å². The maximum Gasteiger partial charge on any atom is 2.00 e. The molecule has 0 radical (unpaired) electrons. The predicted molar refractivity (Wildman–Crippen MR) is 265 cm³/mol. The number of para-hydroxylation sites is 1. The van der Waals surface area contributed by atoms with Crippen molar-refractivity contribution in [2.24, 2.45) is 22.7 Å². The molecule has 6 aromatic rings. The van der Waals surface area contributed by atoms with Gasteiger partial charge in [-0.25, -0.2) is 4.98 Å². The molecule has 0 fully saturated rings. The normalized spacial score (nSPS) is 17.6. The standard InChI is InChI=1S/C58H66N4O.Pt/c1-36(2)51(37(3)4)58(15)57(13,14)62(52-39(6)21-19-22-40(52)7)53(60-58)43-31-42(41-23-17-16-18-24-41)32-47(33-43)63-46-30-38(5)29-45(35-46)61-50-27-26-44(55(8,9)10)34-49(50)56(11,12)48-25-20-28-59-54(48)61;/h16-32,34,36-37,51H,1-15H3;/q-2;+2/t58-;/m1./s1. The van der Waals surface area contributed by atoms with Crippen molar-refractivity contribution >= 4 is 28.7 Å². The number of ether oxygens (including phenoxy) is 1. The number of hydrogen-bond donors (Lipinski definition) is 0. The molecule has 0 bridgehead atoms. The van der Waals surface area contributed by atoms with Gasteiger partial charge >= 0.3 is 21.1 Å². The minimum Gasteiger partial charge on any atom is -0.503 e. The van der Waals surface area contributed by atoms with Crippen LogP contribution < -0.4 is 14.5 Å². The van der Waals surface area contributed by atoms with Crippen molar-refractivity contribution in [2.75, 3.05) is 9.80 Å². The summed E-state index contributed by atoms with van der Waals surface area (Å²) < 4.78 is 7.02. The third kappa shape index (κ3) is 8.05. The van der Waals surface area contributed by atoms with Crippen LogP contribution in [0.1, 0.15) is 122 Å². The van der Waals surface area contributed by atoms with Gasteiger partial charge in [0.15, 0.2) is 0 Å². The summed E-state index contributed by atoms with van der Waals surface area (Å²) >= 11 is 0. The third-order valence-corrected chi connectivity index (χ3v) is 14.2. The fourth-order valence-corrected chi connectivity index (χ4v) is 10.9. The Morgan fingerprint density at radius 1 is 0.672 bits per heavy atom. The second kappa shape index (κ2) is 17.1. The fourth-order valence-electron chi connectivity index (χ4n) is 10.9. The van der Waals surface area contributed by atoms with Crippen LogP contribution in [0.5, 0.6) is 11.5 Å². The van der Waals surface area contributed by atoms with Gasteiger partial charge in [-0.1, -0.05) is 159 Å². The second-order valence-electron chi connectivity index (χ2n) is 21.1. The molecule has 64 heavy (non-hydrogen) atoms. The molecular formula is C58H66N4OPt. The molecule has 5 nitrogen and oxygen atoms in total. The van der Waals surface area contributed by atoms with E-state index in [1.807, 2.05) is 12.3 Å². The Labute approximate surface area is 398 Å². The largest absolute Gasteiger partial charge is 2.00 e. The van der Waals surface area contributed by atoms with E-state index in [1.54, 1.807) is 0 Å². The number of pyridine rings is 1. The maximum atomic E-state index is 7.02. The zero-order valence-electron chi connectivity index (χ0n) is 40.6. The maximum absolute atomic E-state index is 7.02. The first-order chi connectivity index (χ1) is 29.6. The number of benzene rings is 5. The van der Waals surface area contributed by atoms with E-state index < -0.39 is 5.54 Å². The molecule has 334 valence electrons. The van der Waals surface area contributed by atoms with Crippen LogP contribution >= 0.6 is 0 Å². The molecule has 8 rings (SSSR count). The van der Waals surface area contributed by atoms with Crippen LogP contribution in [-0.4, -0.2) is 21.9 Å². The number of aliphatic imine (C=N–C) groups is 1. The number of fused-ring (bicyclic) bond motifs is 2. The first-order valence-electron chi connectivity index (χ1n) is 22.9. The molecule has 6 heteroatoms. The molecule has 0 saturated heterocycles. The topological polar surface area (TPSA) is 41.0 Å². The molecule has 5 aromatic carbocycles. The van der Waals surface area contributed by atoms with Crippen molar-refractivity contribution in [1.29, 1.82) is 0 Å². The summed E-state index contributed by atoms with van der Waals surface area (Å²) in [5, 5.41) is 0. The summed E-state index contributed by atoms with van der Waals surface area (Å²) in [5.74, 6) is 4.18. The van der Waals surface area contributed by atoms with Crippen molar-refractivity contribution in [3.63, 3.8) is 0 Å². The molecule has 0 aliphatic carbocycles. The summed E-state index contributed by atoms with van der Waals surface area (Å²) in [7, 11) is 0. The molecule has 2 aliphatic heterocycles. The van der Waals surface area contributed by atoms with Gasteiger partial charge in [0, 0.05) is 40.0 Å². The van der Waals surface area contributed by atoms with Gasteiger partial charge in [0.2, 0.25) is 0 Å². The summed E-state index contributed by atoms with van der Waals surface area (Å²) in [4.78, 5) is 15.7. The van der Waals surface area contributed by atoms with Gasteiger partial charge in [-0.15, -0.1) is 29.8 Å². The molecule has 0 N–H and O–H groups in total. The van der Waals surface area contributed by atoms with E-state index >= 15 is 0 Å². The molecule has 3 heterocycles. The van der Waals surface area contributed by atoms with E-state index in [0.29, 0.717) is 29.3 Å². The van der Waals surface area contributed by atoms with Gasteiger partial charge in [-0.2, -0.15) is 5.56 Å². The number of aromatic nitrogens is 1. The minimum absolute atomic E-state index is 0. The zero-order chi connectivity index (χ0) is 45.4. The Hall–Kier alpha value is -4.99. The van der Waals surface area contributed by atoms with Gasteiger partial charge in [0.25, 0.3) is 0 Å². The Bertz CT molecular complexity index is 2700. The quantitative estimate of drug-likeness (QED) is 0.135. The molecule has 1 aromatic heterocycles. The molecular weight excluding hydrogens is 964 g/mol. The number of amidine groups is 1. The van der Waals surface area contributed by atoms with Crippen LogP contribution in [0, 0.1) is 50.7 Å². The van der Waals surface area contributed by atoms with E-state index in [0.717, 1.165) is 45.3 Å². The monoisotopic (exact) mass is 1030 g/mol. The van der Waals surface area contributed by atoms with Crippen LogP contribution in [0.2, 0.25) is 0 Å². The third-order valence-electron chi connectivity index (χ3n) is 14.2. The van der Waals surface area contributed by atoms with E-state index in [9.17, 15) is 0 Å².